The first-order chi connectivity index (χ1) is 17.2. The van der Waals surface area contributed by atoms with E-state index in [9.17, 15) is 4.79 Å². The van der Waals surface area contributed by atoms with Gasteiger partial charge in [0, 0.05) is 24.7 Å². The predicted molar refractivity (Wildman–Crippen MR) is 139 cm³/mol. The Bertz CT molecular complexity index is 1170. The van der Waals surface area contributed by atoms with Crippen molar-refractivity contribution >= 4 is 11.7 Å². The molecule has 35 heavy (non-hydrogen) atoms. The second-order valence-electron chi connectivity index (χ2n) is 9.52. The molecule has 0 bridgehead atoms. The van der Waals surface area contributed by atoms with Gasteiger partial charge < -0.3 is 21.3 Å². The molecule has 182 valence electrons. The average molecular weight is 471 g/mol. The van der Waals surface area contributed by atoms with Crippen LogP contribution in [0, 0.1) is 0 Å². The Labute approximate surface area is 207 Å². The van der Waals surface area contributed by atoms with E-state index in [4.69, 9.17) is 5.73 Å². The molecular weight excluding hydrogens is 436 g/mol. The summed E-state index contributed by atoms with van der Waals surface area (Å²) in [5, 5.41) is 6.65. The van der Waals surface area contributed by atoms with Crippen LogP contribution in [0.15, 0.2) is 54.7 Å². The van der Waals surface area contributed by atoms with E-state index in [1.807, 2.05) is 12.1 Å². The summed E-state index contributed by atoms with van der Waals surface area (Å²) in [5.41, 5.74) is 11.8. The highest BCUT2D eigenvalue weighted by Crippen LogP contribution is 2.31. The van der Waals surface area contributed by atoms with E-state index in [0.717, 1.165) is 51.0 Å². The fourth-order valence-corrected chi connectivity index (χ4v) is 5.15. The molecule has 0 unspecified atom stereocenters. The summed E-state index contributed by atoms with van der Waals surface area (Å²) in [6.07, 6.45) is 7.35. The van der Waals surface area contributed by atoms with Gasteiger partial charge >= 0.3 is 0 Å². The number of carbonyl (C=O) groups excluding carboxylic acids is 1. The highest BCUT2D eigenvalue weighted by Gasteiger charge is 2.21. The average Bonchev–Trinajstić information content (AvgIpc) is 3.56. The van der Waals surface area contributed by atoms with Crippen LogP contribution in [0.3, 0.4) is 0 Å². The number of amides is 1. The number of nitrogens with two attached hydrogens (primary N) is 1. The first-order valence-corrected chi connectivity index (χ1v) is 12.7. The largest absolute Gasteiger partial charge is 0.382 e. The van der Waals surface area contributed by atoms with Crippen molar-refractivity contribution in [2.75, 3.05) is 31.9 Å². The van der Waals surface area contributed by atoms with E-state index in [-0.39, 0.29) is 17.4 Å². The number of hydrogen-bond acceptors (Lipinski definition) is 6. The zero-order valence-corrected chi connectivity index (χ0v) is 20.2. The molecule has 1 aliphatic carbocycles. The summed E-state index contributed by atoms with van der Waals surface area (Å²) in [6.45, 7) is 4.70. The third kappa shape index (κ3) is 5.69. The molecule has 2 aliphatic rings. The van der Waals surface area contributed by atoms with Gasteiger partial charge in [0.15, 0.2) is 11.5 Å². The summed E-state index contributed by atoms with van der Waals surface area (Å²) >= 11 is 0. The molecule has 0 saturated carbocycles. The highest BCUT2D eigenvalue weighted by atomic mass is 16.1. The molecule has 5 rings (SSSR count). The Hall–Kier alpha value is -3.29. The van der Waals surface area contributed by atoms with Crippen molar-refractivity contribution < 1.29 is 4.79 Å². The maximum absolute atomic E-state index is 12.7. The fourth-order valence-electron chi connectivity index (χ4n) is 5.15. The van der Waals surface area contributed by atoms with Crippen molar-refractivity contribution in [3.05, 3.63) is 77.1 Å². The second-order valence-corrected chi connectivity index (χ2v) is 9.52. The number of nitrogens with zero attached hydrogens (tertiary/aromatic N) is 3. The molecule has 1 amide bonds. The van der Waals surface area contributed by atoms with Crippen molar-refractivity contribution in [3.8, 4) is 11.3 Å². The lowest BCUT2D eigenvalue weighted by Gasteiger charge is -2.15. The van der Waals surface area contributed by atoms with Crippen LogP contribution in [-0.2, 0) is 13.0 Å². The number of aryl methyl sites for hydroxylation is 1. The first kappa shape index (κ1) is 23.5. The van der Waals surface area contributed by atoms with E-state index in [1.54, 1.807) is 6.20 Å². The maximum Gasteiger partial charge on any atom is 0.273 e. The van der Waals surface area contributed by atoms with E-state index in [0.29, 0.717) is 18.3 Å². The van der Waals surface area contributed by atoms with E-state index >= 15 is 0 Å². The van der Waals surface area contributed by atoms with Crippen LogP contribution in [0.5, 0.6) is 0 Å². The fraction of sp³-hybridized carbons (Fsp3) is 0.393. The monoisotopic (exact) mass is 470 g/mol. The zero-order chi connectivity index (χ0) is 24.0. The van der Waals surface area contributed by atoms with Gasteiger partial charge in [0.2, 0.25) is 0 Å². The molecule has 1 saturated heterocycles. The van der Waals surface area contributed by atoms with Gasteiger partial charge in [-0.15, -0.1) is 0 Å². The molecule has 1 aliphatic heterocycles. The van der Waals surface area contributed by atoms with Crippen molar-refractivity contribution in [1.82, 2.24) is 25.5 Å². The summed E-state index contributed by atoms with van der Waals surface area (Å²) < 4.78 is 0. The number of aromatic nitrogens is 2. The number of carbonyl (C=O) groups is 1. The normalized spacial score (nSPS) is 17.4. The van der Waals surface area contributed by atoms with Gasteiger partial charge in [0.25, 0.3) is 5.91 Å². The lowest BCUT2D eigenvalue weighted by Crippen LogP contribution is -2.30. The molecule has 7 nitrogen and oxygen atoms in total. The molecule has 1 aromatic heterocycles. The summed E-state index contributed by atoms with van der Waals surface area (Å²) in [4.78, 5) is 24.0. The maximum atomic E-state index is 12.7. The molecule has 2 aromatic carbocycles. The van der Waals surface area contributed by atoms with E-state index in [2.05, 4.69) is 61.9 Å². The highest BCUT2D eigenvalue weighted by molar-refractivity contribution is 5.96. The van der Waals surface area contributed by atoms with Gasteiger partial charge in [-0.05, 0) is 74.5 Å². The van der Waals surface area contributed by atoms with Crippen molar-refractivity contribution in [3.63, 3.8) is 0 Å². The van der Waals surface area contributed by atoms with Gasteiger partial charge in [-0.1, -0.05) is 42.5 Å². The zero-order valence-electron chi connectivity index (χ0n) is 20.2. The Morgan fingerprint density at radius 1 is 1.11 bits per heavy atom. The predicted octanol–water partition coefficient (Wildman–Crippen LogP) is 3.72. The van der Waals surface area contributed by atoms with Crippen LogP contribution in [0.4, 0.5) is 5.82 Å². The third-order valence-corrected chi connectivity index (χ3v) is 7.06. The minimum absolute atomic E-state index is 0.156. The molecule has 2 heterocycles. The van der Waals surface area contributed by atoms with Gasteiger partial charge in [0.05, 0.1) is 11.9 Å². The molecule has 7 heteroatoms. The van der Waals surface area contributed by atoms with Gasteiger partial charge in [-0.25, -0.2) is 9.97 Å². The number of hydrogen-bond donors (Lipinski definition) is 3. The Balaban J connectivity index is 1.21. The van der Waals surface area contributed by atoms with E-state index in [1.165, 1.54) is 29.5 Å². The van der Waals surface area contributed by atoms with Crippen molar-refractivity contribution in [1.29, 1.82) is 0 Å². The van der Waals surface area contributed by atoms with Crippen LogP contribution < -0.4 is 16.4 Å². The number of likely N-dealkylation sites (tertiary alicyclic amines) is 1. The molecule has 0 radical (unpaired) electrons. The number of benzene rings is 2. The molecule has 4 N–H and O–H groups in total. The SMILES string of the molecule is Nc1ncc(-c2cccc(CN[C@H]3CCc4ccccc43)c2)nc1C(=O)NCCCN1CCCC1. The van der Waals surface area contributed by atoms with Crippen LogP contribution in [0.25, 0.3) is 11.3 Å². The lowest BCUT2D eigenvalue weighted by atomic mass is 10.1. The number of rotatable bonds is 9. The second kappa shape index (κ2) is 11.0. The standard InChI is InChI=1S/C28H34N6O/c29-27-26(28(35)30-13-6-16-34-14-3-4-15-34)33-25(19-32-27)22-9-5-7-20(17-22)18-31-24-12-11-21-8-1-2-10-23(21)24/h1-2,5,7-10,17,19,24,31H,3-4,6,11-16,18H2,(H2,29,32)(H,30,35)/t24-/m0/s1. The molecule has 1 atom stereocenters. The number of anilines is 1. The van der Waals surface area contributed by atoms with Crippen LogP contribution in [-0.4, -0.2) is 47.0 Å². The third-order valence-electron chi connectivity index (χ3n) is 7.06. The number of nitrogens with one attached hydrogen (secondary N) is 2. The smallest absolute Gasteiger partial charge is 0.273 e. The van der Waals surface area contributed by atoms with Crippen LogP contribution in [0.2, 0.25) is 0 Å². The Morgan fingerprint density at radius 3 is 2.86 bits per heavy atom. The Morgan fingerprint density at radius 2 is 1.97 bits per heavy atom. The van der Waals surface area contributed by atoms with Gasteiger partial charge in [-0.2, -0.15) is 0 Å². The summed E-state index contributed by atoms with van der Waals surface area (Å²) in [6, 6.07) is 17.3. The topological polar surface area (TPSA) is 96.2 Å². The number of nitrogen functional groups attached to an aromatic ring is 1. The van der Waals surface area contributed by atoms with Crippen molar-refractivity contribution in [2.45, 2.75) is 44.7 Å². The van der Waals surface area contributed by atoms with Crippen molar-refractivity contribution in [2.24, 2.45) is 0 Å². The van der Waals surface area contributed by atoms with Gasteiger partial charge in [-0.3, -0.25) is 4.79 Å². The number of fused-ring (bicyclic) bond motifs is 1. The molecular formula is C28H34N6O. The molecule has 1 fully saturated rings. The quantitative estimate of drug-likeness (QED) is 0.413. The first-order valence-electron chi connectivity index (χ1n) is 12.7. The van der Waals surface area contributed by atoms with E-state index < -0.39 is 0 Å². The molecule has 3 aromatic rings. The van der Waals surface area contributed by atoms with Crippen LogP contribution in [0.1, 0.15) is 58.9 Å². The van der Waals surface area contributed by atoms with Crippen LogP contribution >= 0.6 is 0 Å². The molecule has 0 spiro atoms. The minimum Gasteiger partial charge on any atom is -0.382 e. The summed E-state index contributed by atoms with van der Waals surface area (Å²) in [7, 11) is 0. The minimum atomic E-state index is -0.268. The Kier molecular flexibility index (Phi) is 7.35. The van der Waals surface area contributed by atoms with Gasteiger partial charge in [0.1, 0.15) is 0 Å². The lowest BCUT2D eigenvalue weighted by molar-refractivity contribution is 0.0948. The summed E-state index contributed by atoms with van der Waals surface area (Å²) in [5.74, 6) is -0.112.